The topological polar surface area (TPSA) is 108 Å². The molecule has 0 radical (unpaired) electrons. The number of rotatable bonds is 4. The van der Waals surface area contributed by atoms with Crippen molar-refractivity contribution in [3.63, 3.8) is 0 Å². The minimum Gasteiger partial charge on any atom is -0.461 e. The van der Waals surface area contributed by atoms with Gasteiger partial charge in [-0.3, -0.25) is 9.59 Å². The van der Waals surface area contributed by atoms with Crippen molar-refractivity contribution in [1.29, 1.82) is 0 Å². The van der Waals surface area contributed by atoms with Crippen molar-refractivity contribution in [3.05, 3.63) is 29.8 Å². The molecule has 2 aliphatic heterocycles. The molecule has 4 rings (SSSR count). The Bertz CT molecular complexity index is 1050. The van der Waals surface area contributed by atoms with E-state index < -0.39 is 53.2 Å². The van der Waals surface area contributed by atoms with E-state index in [0.29, 0.717) is 11.0 Å². The molecule has 9 nitrogen and oxygen atoms in total. The second kappa shape index (κ2) is 9.07. The third-order valence-electron chi connectivity index (χ3n) is 6.11. The van der Waals surface area contributed by atoms with E-state index in [2.05, 4.69) is 10.4 Å². The van der Waals surface area contributed by atoms with Crippen LogP contribution in [0.15, 0.2) is 29.4 Å². The zero-order valence-electron chi connectivity index (χ0n) is 18.3. The standard InChI is InChI=1S/C22H23F3N4O5/c1-2-34-20(32)16-15-17(29(27-16)21(33)26-13-8-4-3-5-9-13)19(31)28(18(15)30)14-10-6-7-12(11-14)22(23,24)25/h6-7,10-11,13,15,17H,2-5,8-9H2,1H3,(H,26,33)/t15-,17+/m1/s1. The van der Waals surface area contributed by atoms with Crippen LogP contribution in [0, 0.1) is 5.92 Å². The molecular formula is C22H23F3N4O5. The number of benzene rings is 1. The van der Waals surface area contributed by atoms with Crippen molar-refractivity contribution in [3.8, 4) is 0 Å². The Morgan fingerprint density at radius 2 is 1.85 bits per heavy atom. The number of hydrogen-bond acceptors (Lipinski definition) is 6. The Morgan fingerprint density at radius 1 is 1.15 bits per heavy atom. The maximum absolute atomic E-state index is 13.3. The first-order valence-corrected chi connectivity index (χ1v) is 11.0. The van der Waals surface area contributed by atoms with Crippen molar-refractivity contribution < 1.29 is 37.1 Å². The maximum Gasteiger partial charge on any atom is 0.416 e. The van der Waals surface area contributed by atoms with Gasteiger partial charge < -0.3 is 10.1 Å². The number of nitrogens with zero attached hydrogens (tertiary/aromatic N) is 3. The molecule has 2 fully saturated rings. The van der Waals surface area contributed by atoms with Crippen molar-refractivity contribution in [1.82, 2.24) is 10.3 Å². The van der Waals surface area contributed by atoms with Crippen LogP contribution in [0.25, 0.3) is 0 Å². The Hall–Kier alpha value is -3.44. The normalized spacial score (nSPS) is 23.1. The number of amides is 4. The zero-order chi connectivity index (χ0) is 24.6. The van der Waals surface area contributed by atoms with E-state index in [1.165, 1.54) is 13.0 Å². The van der Waals surface area contributed by atoms with Gasteiger partial charge >= 0.3 is 18.2 Å². The number of carbonyl (C=O) groups excluding carboxylic acids is 4. The van der Waals surface area contributed by atoms with Gasteiger partial charge in [-0.15, -0.1) is 0 Å². The van der Waals surface area contributed by atoms with Gasteiger partial charge in [0.1, 0.15) is 5.92 Å². The first-order valence-electron chi connectivity index (χ1n) is 11.0. The van der Waals surface area contributed by atoms with Crippen LogP contribution in [-0.2, 0) is 25.3 Å². The molecule has 0 unspecified atom stereocenters. The molecule has 1 aromatic carbocycles. The van der Waals surface area contributed by atoms with Crippen LogP contribution in [0.4, 0.5) is 23.7 Å². The first-order chi connectivity index (χ1) is 16.1. The van der Waals surface area contributed by atoms with Gasteiger partial charge in [0.2, 0.25) is 5.91 Å². The van der Waals surface area contributed by atoms with E-state index in [0.717, 1.165) is 49.2 Å². The number of ether oxygens (including phenoxy) is 1. The highest BCUT2D eigenvalue weighted by Gasteiger charge is 2.60. The van der Waals surface area contributed by atoms with Crippen LogP contribution in [0.1, 0.15) is 44.6 Å². The molecule has 34 heavy (non-hydrogen) atoms. The Labute approximate surface area is 192 Å². The molecule has 0 aromatic heterocycles. The molecule has 4 amide bonds. The molecular weight excluding hydrogens is 457 g/mol. The molecule has 1 saturated carbocycles. The number of alkyl halides is 3. The lowest BCUT2D eigenvalue weighted by molar-refractivity contribution is -0.137. The van der Waals surface area contributed by atoms with E-state index in [4.69, 9.17) is 4.74 Å². The molecule has 3 aliphatic rings. The lowest BCUT2D eigenvalue weighted by Gasteiger charge is -2.26. The van der Waals surface area contributed by atoms with E-state index >= 15 is 0 Å². The quantitative estimate of drug-likeness (QED) is 0.527. The number of imide groups is 1. The average Bonchev–Trinajstić information content (AvgIpc) is 3.31. The number of halogens is 3. The first kappa shape index (κ1) is 23.7. The van der Waals surface area contributed by atoms with E-state index in [9.17, 15) is 32.3 Å². The smallest absolute Gasteiger partial charge is 0.416 e. The van der Waals surface area contributed by atoms with E-state index in [1.54, 1.807) is 0 Å². The molecule has 1 aliphatic carbocycles. The highest BCUT2D eigenvalue weighted by Crippen LogP contribution is 2.38. The van der Waals surface area contributed by atoms with Crippen LogP contribution in [0.2, 0.25) is 0 Å². The van der Waals surface area contributed by atoms with E-state index in [1.807, 2.05) is 0 Å². The summed E-state index contributed by atoms with van der Waals surface area (Å²) >= 11 is 0. The molecule has 0 spiro atoms. The summed E-state index contributed by atoms with van der Waals surface area (Å²) in [4.78, 5) is 52.5. The lowest BCUT2D eigenvalue weighted by atomic mass is 9.95. The summed E-state index contributed by atoms with van der Waals surface area (Å²) in [7, 11) is 0. The third kappa shape index (κ3) is 4.24. The average molecular weight is 480 g/mol. The number of urea groups is 1. The van der Waals surface area contributed by atoms with Crippen molar-refractivity contribution in [2.24, 2.45) is 11.0 Å². The van der Waals surface area contributed by atoms with Gasteiger partial charge in [0.15, 0.2) is 11.8 Å². The van der Waals surface area contributed by atoms with Gasteiger partial charge in [-0.1, -0.05) is 25.3 Å². The second-order valence-corrected chi connectivity index (χ2v) is 8.32. The van der Waals surface area contributed by atoms with Crippen LogP contribution < -0.4 is 10.2 Å². The van der Waals surface area contributed by atoms with Gasteiger partial charge in [-0.2, -0.15) is 18.3 Å². The number of nitrogens with one attached hydrogen (secondary N) is 1. The molecule has 182 valence electrons. The molecule has 0 bridgehead atoms. The second-order valence-electron chi connectivity index (χ2n) is 8.32. The number of anilines is 1. The SMILES string of the molecule is CCOC(=O)C1=NN(C(=O)NC2CCCCC2)[C@@H]2C(=O)N(c3cccc(C(F)(F)F)c3)C(=O)[C@H]12. The summed E-state index contributed by atoms with van der Waals surface area (Å²) in [6, 6.07) is 1.34. The maximum atomic E-state index is 13.3. The predicted molar refractivity (Wildman–Crippen MR) is 113 cm³/mol. The molecule has 2 heterocycles. The molecule has 1 N–H and O–H groups in total. The fourth-order valence-electron chi connectivity index (χ4n) is 4.52. The lowest BCUT2D eigenvalue weighted by Crippen LogP contribution is -2.49. The molecule has 1 aromatic rings. The summed E-state index contributed by atoms with van der Waals surface area (Å²) in [6.07, 6.45) is -0.313. The van der Waals surface area contributed by atoms with Gasteiger partial charge in [0, 0.05) is 6.04 Å². The van der Waals surface area contributed by atoms with Gasteiger partial charge in [-0.05, 0) is 38.0 Å². The zero-order valence-corrected chi connectivity index (χ0v) is 18.3. The van der Waals surface area contributed by atoms with Gasteiger partial charge in [0.25, 0.3) is 5.91 Å². The summed E-state index contributed by atoms with van der Waals surface area (Å²) in [6.45, 7) is 1.50. The Kier molecular flexibility index (Phi) is 6.32. The Balaban J connectivity index is 1.67. The number of hydrogen-bond donors (Lipinski definition) is 1. The molecule has 12 heteroatoms. The van der Waals surface area contributed by atoms with Gasteiger partial charge in [-0.25, -0.2) is 19.5 Å². The number of fused-ring (bicyclic) bond motifs is 1. The monoisotopic (exact) mass is 480 g/mol. The van der Waals surface area contributed by atoms with Crippen LogP contribution in [0.5, 0.6) is 0 Å². The molecule has 2 atom stereocenters. The number of esters is 1. The largest absolute Gasteiger partial charge is 0.461 e. The predicted octanol–water partition coefficient (Wildman–Crippen LogP) is 2.84. The molecule has 1 saturated heterocycles. The minimum absolute atomic E-state index is 0.0387. The Morgan fingerprint density at radius 3 is 2.50 bits per heavy atom. The van der Waals surface area contributed by atoms with Crippen molar-refractivity contribution >= 4 is 35.2 Å². The highest BCUT2D eigenvalue weighted by molar-refractivity contribution is 6.47. The summed E-state index contributed by atoms with van der Waals surface area (Å²) < 4.78 is 44.5. The van der Waals surface area contributed by atoms with Crippen molar-refractivity contribution in [2.45, 2.75) is 57.3 Å². The van der Waals surface area contributed by atoms with Crippen molar-refractivity contribution in [2.75, 3.05) is 11.5 Å². The minimum atomic E-state index is -4.69. The summed E-state index contributed by atoms with van der Waals surface area (Å²) in [5.74, 6) is -4.35. The number of hydrazone groups is 1. The van der Waals surface area contributed by atoms with Crippen LogP contribution >= 0.6 is 0 Å². The van der Waals surface area contributed by atoms with Crippen LogP contribution in [0.3, 0.4) is 0 Å². The fourth-order valence-corrected chi connectivity index (χ4v) is 4.52. The van der Waals surface area contributed by atoms with Gasteiger partial charge in [0.05, 0.1) is 17.9 Å². The highest BCUT2D eigenvalue weighted by atomic mass is 19.4. The number of carbonyl (C=O) groups is 4. The van der Waals surface area contributed by atoms with E-state index in [-0.39, 0.29) is 18.3 Å². The fraction of sp³-hybridized carbons (Fsp3) is 0.500. The van der Waals surface area contributed by atoms with Crippen LogP contribution in [-0.4, -0.2) is 53.2 Å². The third-order valence-corrected chi connectivity index (χ3v) is 6.11. The summed E-state index contributed by atoms with van der Waals surface area (Å²) in [5, 5.41) is 7.49. The summed E-state index contributed by atoms with van der Waals surface area (Å²) in [5.41, 5.74) is -1.79.